The summed E-state index contributed by atoms with van der Waals surface area (Å²) >= 11 is 0. The van der Waals surface area contributed by atoms with Gasteiger partial charge in [0, 0.05) is 68.9 Å². The predicted octanol–water partition coefficient (Wildman–Crippen LogP) is 2.83. The number of hydrogen-bond acceptors (Lipinski definition) is 7. The Morgan fingerprint density at radius 2 is 1.64 bits per heavy atom. The molecule has 0 amide bonds. The minimum absolute atomic E-state index is 0.642. The maximum Gasteiger partial charge on any atom is 0.227 e. The van der Waals surface area contributed by atoms with E-state index in [1.165, 1.54) is 22.8 Å². The lowest BCUT2D eigenvalue weighted by molar-refractivity contribution is 0.122. The first-order chi connectivity index (χ1) is 16.2. The van der Waals surface area contributed by atoms with E-state index in [9.17, 15) is 0 Å². The molecule has 0 unspecified atom stereocenters. The highest BCUT2D eigenvalue weighted by Gasteiger charge is 2.24. The maximum atomic E-state index is 5.53. The first-order valence-corrected chi connectivity index (χ1v) is 11.9. The van der Waals surface area contributed by atoms with Gasteiger partial charge in [-0.1, -0.05) is 0 Å². The first-order valence-electron chi connectivity index (χ1n) is 11.9. The van der Waals surface area contributed by atoms with Crippen molar-refractivity contribution in [2.45, 2.75) is 13.0 Å². The molecule has 0 aliphatic carbocycles. The topological polar surface area (TPSA) is 61.7 Å². The van der Waals surface area contributed by atoms with E-state index in [4.69, 9.17) is 9.72 Å². The molecule has 2 fully saturated rings. The summed E-state index contributed by atoms with van der Waals surface area (Å²) in [6, 6.07) is 13.0. The Labute approximate surface area is 194 Å². The SMILES string of the molecule is CN1CCN(c2ccc(Nc3ncc4c(n3)-c3ccc(N5CCOCC5)n3CC4)cc2)CC1. The van der Waals surface area contributed by atoms with Crippen molar-refractivity contribution in [3.8, 4) is 11.4 Å². The second-order valence-electron chi connectivity index (χ2n) is 9.11. The number of ether oxygens (including phenoxy) is 1. The van der Waals surface area contributed by atoms with Gasteiger partial charge in [-0.25, -0.2) is 9.97 Å². The van der Waals surface area contributed by atoms with Crippen molar-refractivity contribution in [1.82, 2.24) is 19.4 Å². The van der Waals surface area contributed by atoms with Gasteiger partial charge in [0.2, 0.25) is 5.95 Å². The molecule has 8 heteroatoms. The van der Waals surface area contributed by atoms with Crippen LogP contribution in [0.15, 0.2) is 42.6 Å². The van der Waals surface area contributed by atoms with Gasteiger partial charge in [-0.3, -0.25) is 0 Å². The second kappa shape index (κ2) is 8.68. The number of morpholine rings is 1. The molecule has 5 heterocycles. The van der Waals surface area contributed by atoms with Gasteiger partial charge >= 0.3 is 0 Å². The van der Waals surface area contributed by atoms with Gasteiger partial charge in [-0.2, -0.15) is 0 Å². The quantitative estimate of drug-likeness (QED) is 0.663. The number of benzene rings is 1. The Kier molecular flexibility index (Phi) is 5.39. The molecule has 2 saturated heterocycles. The van der Waals surface area contributed by atoms with Gasteiger partial charge in [-0.15, -0.1) is 0 Å². The van der Waals surface area contributed by atoms with Crippen molar-refractivity contribution in [3.63, 3.8) is 0 Å². The average molecular weight is 446 g/mol. The molecule has 1 N–H and O–H groups in total. The lowest BCUT2D eigenvalue weighted by Crippen LogP contribution is -2.44. The molecule has 0 atom stereocenters. The lowest BCUT2D eigenvalue weighted by atomic mass is 10.1. The Balaban J connectivity index is 1.20. The van der Waals surface area contributed by atoms with Gasteiger partial charge in [-0.05, 0) is 49.9 Å². The Morgan fingerprint density at radius 3 is 2.42 bits per heavy atom. The molecule has 0 saturated carbocycles. The molecule has 33 heavy (non-hydrogen) atoms. The van der Waals surface area contributed by atoms with Crippen LogP contribution in [0.25, 0.3) is 11.4 Å². The Hall–Kier alpha value is -3.10. The van der Waals surface area contributed by atoms with Gasteiger partial charge < -0.3 is 29.3 Å². The van der Waals surface area contributed by atoms with Crippen molar-refractivity contribution < 1.29 is 4.74 Å². The highest BCUT2D eigenvalue weighted by Crippen LogP contribution is 2.34. The largest absolute Gasteiger partial charge is 0.378 e. The summed E-state index contributed by atoms with van der Waals surface area (Å²) in [5.41, 5.74) is 5.70. The van der Waals surface area contributed by atoms with Crippen LogP contribution < -0.4 is 15.1 Å². The molecule has 3 aromatic rings. The van der Waals surface area contributed by atoms with Crippen LogP contribution in [0.3, 0.4) is 0 Å². The van der Waals surface area contributed by atoms with Crippen molar-refractivity contribution in [1.29, 1.82) is 0 Å². The summed E-state index contributed by atoms with van der Waals surface area (Å²) < 4.78 is 7.93. The van der Waals surface area contributed by atoms with Crippen LogP contribution in [0, 0.1) is 0 Å². The van der Waals surface area contributed by atoms with Crippen LogP contribution in [0.5, 0.6) is 0 Å². The number of hydrogen-bond donors (Lipinski definition) is 1. The van der Waals surface area contributed by atoms with Gasteiger partial charge in [0.1, 0.15) is 5.82 Å². The Bertz CT molecular complexity index is 1110. The summed E-state index contributed by atoms with van der Waals surface area (Å²) in [6.07, 6.45) is 2.93. The number of fused-ring (bicyclic) bond motifs is 3. The Morgan fingerprint density at radius 1 is 0.848 bits per heavy atom. The maximum absolute atomic E-state index is 5.53. The second-order valence-corrected chi connectivity index (χ2v) is 9.11. The van der Waals surface area contributed by atoms with E-state index in [0.717, 1.165) is 76.8 Å². The lowest BCUT2D eigenvalue weighted by Gasteiger charge is -2.34. The zero-order chi connectivity index (χ0) is 22.2. The fourth-order valence-corrected chi connectivity index (χ4v) is 5.02. The van der Waals surface area contributed by atoms with E-state index in [0.29, 0.717) is 5.95 Å². The smallest absolute Gasteiger partial charge is 0.227 e. The third-order valence-electron chi connectivity index (χ3n) is 7.00. The van der Waals surface area contributed by atoms with E-state index in [1.54, 1.807) is 0 Å². The molecule has 6 rings (SSSR count). The molecule has 0 spiro atoms. The third kappa shape index (κ3) is 4.05. The molecule has 1 aromatic carbocycles. The molecule has 3 aliphatic heterocycles. The summed E-state index contributed by atoms with van der Waals surface area (Å²) in [6.45, 7) is 8.80. The normalized spacial score (nSPS) is 18.7. The van der Waals surface area contributed by atoms with Crippen LogP contribution in [-0.4, -0.2) is 79.0 Å². The fraction of sp³-hybridized carbons (Fsp3) is 0.440. The van der Waals surface area contributed by atoms with Crippen molar-refractivity contribution in [3.05, 3.63) is 48.2 Å². The highest BCUT2D eigenvalue weighted by molar-refractivity contribution is 5.68. The highest BCUT2D eigenvalue weighted by atomic mass is 16.5. The van der Waals surface area contributed by atoms with Gasteiger partial charge in [0.25, 0.3) is 0 Å². The number of rotatable bonds is 4. The standard InChI is InChI=1S/C25H31N7O/c1-29-10-12-30(13-11-29)21-4-2-20(3-5-21)27-25-26-18-19-8-9-32-22(24(19)28-25)6-7-23(32)31-14-16-33-17-15-31/h2-7,18H,8-17H2,1H3,(H,26,27,28). The van der Waals surface area contributed by atoms with E-state index < -0.39 is 0 Å². The van der Waals surface area contributed by atoms with Crippen LogP contribution in [0.2, 0.25) is 0 Å². The number of piperazine rings is 1. The van der Waals surface area contributed by atoms with Crippen molar-refractivity contribution >= 4 is 23.1 Å². The van der Waals surface area contributed by atoms with E-state index >= 15 is 0 Å². The van der Waals surface area contributed by atoms with Crippen LogP contribution in [-0.2, 0) is 17.7 Å². The van der Waals surface area contributed by atoms with E-state index in [-0.39, 0.29) is 0 Å². The zero-order valence-electron chi connectivity index (χ0n) is 19.2. The average Bonchev–Trinajstić information content (AvgIpc) is 3.30. The number of likely N-dealkylation sites (N-methyl/N-ethyl adjacent to an activating group) is 1. The molecular weight excluding hydrogens is 414 g/mol. The van der Waals surface area contributed by atoms with E-state index in [2.05, 4.69) is 73.0 Å². The minimum Gasteiger partial charge on any atom is -0.378 e. The summed E-state index contributed by atoms with van der Waals surface area (Å²) in [4.78, 5) is 16.8. The number of nitrogens with zero attached hydrogens (tertiary/aromatic N) is 6. The molecule has 3 aliphatic rings. The molecule has 0 radical (unpaired) electrons. The molecule has 8 nitrogen and oxygen atoms in total. The van der Waals surface area contributed by atoms with Gasteiger partial charge in [0.15, 0.2) is 0 Å². The van der Waals surface area contributed by atoms with Crippen LogP contribution in [0.4, 0.5) is 23.1 Å². The van der Waals surface area contributed by atoms with Crippen molar-refractivity contribution in [2.24, 2.45) is 0 Å². The third-order valence-corrected chi connectivity index (χ3v) is 7.00. The molecule has 0 bridgehead atoms. The number of anilines is 4. The predicted molar refractivity (Wildman–Crippen MR) is 132 cm³/mol. The van der Waals surface area contributed by atoms with Crippen LogP contribution >= 0.6 is 0 Å². The summed E-state index contributed by atoms with van der Waals surface area (Å²) in [7, 11) is 2.18. The van der Waals surface area contributed by atoms with Gasteiger partial charge in [0.05, 0.1) is 24.6 Å². The first kappa shape index (κ1) is 20.5. The molecule has 172 valence electrons. The molecular formula is C25H31N7O. The summed E-state index contributed by atoms with van der Waals surface area (Å²) in [5.74, 6) is 1.91. The van der Waals surface area contributed by atoms with E-state index in [1.807, 2.05) is 6.20 Å². The number of aryl methyl sites for hydroxylation is 1. The monoisotopic (exact) mass is 445 g/mol. The van der Waals surface area contributed by atoms with Crippen molar-refractivity contribution in [2.75, 3.05) is 74.6 Å². The number of nitrogens with one attached hydrogen (secondary N) is 1. The van der Waals surface area contributed by atoms with Crippen LogP contribution in [0.1, 0.15) is 5.56 Å². The zero-order valence-corrected chi connectivity index (χ0v) is 19.2. The number of aromatic nitrogens is 3. The molecule has 2 aromatic heterocycles. The fourth-order valence-electron chi connectivity index (χ4n) is 5.02. The minimum atomic E-state index is 0.642. The summed E-state index contributed by atoms with van der Waals surface area (Å²) in [5, 5.41) is 3.41.